The summed E-state index contributed by atoms with van der Waals surface area (Å²) in [7, 11) is 0. The molecule has 0 fully saturated rings. The number of hydrogen-bond donors (Lipinski definition) is 1. The van der Waals surface area contributed by atoms with Crippen LogP contribution in [0.3, 0.4) is 0 Å². The van der Waals surface area contributed by atoms with Crippen LogP contribution in [0.2, 0.25) is 0 Å². The highest BCUT2D eigenvalue weighted by Gasteiger charge is 2.32. The highest BCUT2D eigenvalue weighted by Crippen LogP contribution is 2.39. The molecule has 3 rings (SSSR count). The number of H-pyrrole nitrogens is 1. The minimum absolute atomic E-state index is 0.162. The average Bonchev–Trinajstić information content (AvgIpc) is 2.85. The first-order chi connectivity index (χ1) is 11.9. The van der Waals surface area contributed by atoms with Crippen LogP contribution in [0.15, 0.2) is 41.2 Å². The van der Waals surface area contributed by atoms with Gasteiger partial charge in [-0.2, -0.15) is 0 Å². The Morgan fingerprint density at radius 3 is 2.00 bits per heavy atom. The van der Waals surface area contributed by atoms with Gasteiger partial charge in [-0.25, -0.2) is 4.58 Å². The second-order valence-electron chi connectivity index (χ2n) is 6.50. The van der Waals surface area contributed by atoms with Gasteiger partial charge in [0.2, 0.25) is 0 Å². The average molecular weight is 336 g/mol. The third-order valence-corrected chi connectivity index (χ3v) is 5.26. The molecular formula is C21H24N2O2. The normalized spacial score (nSPS) is 16.8. The zero-order valence-corrected chi connectivity index (χ0v) is 15.5. The van der Waals surface area contributed by atoms with Crippen molar-refractivity contribution >= 4 is 17.1 Å². The van der Waals surface area contributed by atoms with Crippen molar-refractivity contribution in [2.24, 2.45) is 0 Å². The molecule has 1 aromatic heterocycles. The molecule has 0 saturated heterocycles. The molecule has 2 aliphatic carbocycles. The molecule has 130 valence electrons. The van der Waals surface area contributed by atoms with Crippen molar-refractivity contribution in [2.75, 3.05) is 13.1 Å². The molecule has 0 aromatic carbocycles. The maximum Gasteiger partial charge on any atom is 0.199 e. The van der Waals surface area contributed by atoms with Crippen molar-refractivity contribution in [1.29, 1.82) is 0 Å². The van der Waals surface area contributed by atoms with Crippen LogP contribution in [0.25, 0.3) is 5.57 Å². The molecule has 0 spiro atoms. The summed E-state index contributed by atoms with van der Waals surface area (Å²) >= 11 is 0. The van der Waals surface area contributed by atoms with Gasteiger partial charge in [-0.05, 0) is 63.5 Å². The third-order valence-electron chi connectivity index (χ3n) is 5.26. The minimum Gasteiger partial charge on any atom is -0.871 e. The van der Waals surface area contributed by atoms with Gasteiger partial charge in [0.05, 0.1) is 5.69 Å². The SMILES string of the molecule is CC[N+](CC)=C1C=CC(=C2C(=O)C(c3[nH]c(C)c(C)c3C)=C2[O-])C=C1. The van der Waals surface area contributed by atoms with Crippen LogP contribution in [-0.4, -0.2) is 34.1 Å². The second kappa shape index (κ2) is 6.36. The van der Waals surface area contributed by atoms with Gasteiger partial charge < -0.3 is 10.1 Å². The van der Waals surface area contributed by atoms with Crippen molar-refractivity contribution in [1.82, 2.24) is 4.98 Å². The lowest BCUT2D eigenvalue weighted by Crippen LogP contribution is -2.31. The summed E-state index contributed by atoms with van der Waals surface area (Å²) in [5.41, 5.74) is 6.13. The minimum atomic E-state index is -0.162. The van der Waals surface area contributed by atoms with E-state index in [0.717, 1.165) is 35.6 Å². The smallest absolute Gasteiger partial charge is 0.199 e. The lowest BCUT2D eigenvalue weighted by atomic mass is 9.81. The quantitative estimate of drug-likeness (QED) is 0.681. The van der Waals surface area contributed by atoms with Crippen molar-refractivity contribution in [3.8, 4) is 0 Å². The van der Waals surface area contributed by atoms with E-state index in [4.69, 9.17) is 0 Å². The number of carbonyl (C=O) groups is 1. The monoisotopic (exact) mass is 336 g/mol. The number of aromatic nitrogens is 1. The number of carbonyl (C=O) groups excluding carboxylic acids is 1. The van der Waals surface area contributed by atoms with Gasteiger partial charge in [-0.3, -0.25) is 4.79 Å². The molecule has 0 unspecified atom stereocenters. The number of aromatic amines is 1. The summed E-state index contributed by atoms with van der Waals surface area (Å²) in [5.74, 6) is -0.324. The maximum atomic E-state index is 12.7. The predicted molar refractivity (Wildman–Crippen MR) is 98.6 cm³/mol. The van der Waals surface area contributed by atoms with Crippen molar-refractivity contribution in [2.45, 2.75) is 34.6 Å². The lowest BCUT2D eigenvalue weighted by molar-refractivity contribution is -0.519. The summed E-state index contributed by atoms with van der Waals surface area (Å²) in [4.78, 5) is 15.8. The molecule has 1 heterocycles. The van der Waals surface area contributed by atoms with Gasteiger partial charge >= 0.3 is 0 Å². The molecule has 0 bridgehead atoms. The van der Waals surface area contributed by atoms with E-state index >= 15 is 0 Å². The van der Waals surface area contributed by atoms with E-state index < -0.39 is 0 Å². The Bertz CT molecular complexity index is 894. The Labute approximate surface area is 148 Å². The van der Waals surface area contributed by atoms with Gasteiger partial charge in [0, 0.05) is 29.0 Å². The maximum absolute atomic E-state index is 12.7. The third kappa shape index (κ3) is 2.62. The van der Waals surface area contributed by atoms with E-state index in [1.807, 2.05) is 45.1 Å². The van der Waals surface area contributed by atoms with Crippen LogP contribution in [0.1, 0.15) is 36.4 Å². The van der Waals surface area contributed by atoms with Crippen LogP contribution in [-0.2, 0) is 4.79 Å². The zero-order valence-electron chi connectivity index (χ0n) is 15.5. The van der Waals surface area contributed by atoms with Gasteiger partial charge in [0.15, 0.2) is 11.5 Å². The largest absolute Gasteiger partial charge is 0.871 e. The summed E-state index contributed by atoms with van der Waals surface area (Å²) in [5, 5.41) is 12.7. The molecule has 25 heavy (non-hydrogen) atoms. The molecule has 4 nitrogen and oxygen atoms in total. The van der Waals surface area contributed by atoms with Gasteiger partial charge in [0.25, 0.3) is 0 Å². The second-order valence-corrected chi connectivity index (χ2v) is 6.50. The van der Waals surface area contributed by atoms with Crippen molar-refractivity contribution < 1.29 is 14.5 Å². The lowest BCUT2D eigenvalue weighted by Gasteiger charge is -2.32. The molecule has 0 aliphatic heterocycles. The van der Waals surface area contributed by atoms with E-state index in [9.17, 15) is 9.90 Å². The Morgan fingerprint density at radius 1 is 0.960 bits per heavy atom. The number of allylic oxidation sites excluding steroid dienone is 7. The van der Waals surface area contributed by atoms with E-state index in [2.05, 4.69) is 23.4 Å². The van der Waals surface area contributed by atoms with E-state index in [0.29, 0.717) is 16.8 Å². The number of hydrogen-bond acceptors (Lipinski definition) is 2. The molecule has 1 aromatic rings. The van der Waals surface area contributed by atoms with Gasteiger partial charge in [0.1, 0.15) is 13.1 Å². The molecule has 4 heteroatoms. The predicted octanol–water partition coefficient (Wildman–Crippen LogP) is 2.51. The topological polar surface area (TPSA) is 58.9 Å². The van der Waals surface area contributed by atoms with Crippen LogP contribution in [0.4, 0.5) is 0 Å². The highest BCUT2D eigenvalue weighted by atomic mass is 16.3. The number of rotatable bonds is 3. The van der Waals surface area contributed by atoms with Crippen LogP contribution < -0.4 is 5.11 Å². The molecule has 2 aliphatic rings. The summed E-state index contributed by atoms with van der Waals surface area (Å²) in [6, 6.07) is 0. The fourth-order valence-electron chi connectivity index (χ4n) is 3.40. The number of aryl methyl sites for hydroxylation is 1. The Kier molecular flexibility index (Phi) is 4.38. The Hall–Kier alpha value is -2.62. The van der Waals surface area contributed by atoms with Crippen LogP contribution >= 0.6 is 0 Å². The summed E-state index contributed by atoms with van der Waals surface area (Å²) < 4.78 is 2.23. The fraction of sp³-hybridized carbons (Fsp3) is 0.333. The number of nitrogens with zero attached hydrogens (tertiary/aromatic N) is 1. The molecule has 0 atom stereocenters. The Morgan fingerprint density at radius 2 is 1.56 bits per heavy atom. The van der Waals surface area contributed by atoms with Crippen LogP contribution in [0, 0.1) is 20.8 Å². The van der Waals surface area contributed by atoms with Crippen molar-refractivity contribution in [3.05, 3.63) is 63.7 Å². The molecule has 0 radical (unpaired) electrons. The van der Waals surface area contributed by atoms with Gasteiger partial charge in [-0.15, -0.1) is 0 Å². The highest BCUT2D eigenvalue weighted by molar-refractivity contribution is 6.39. The summed E-state index contributed by atoms with van der Waals surface area (Å²) in [6.45, 7) is 12.0. The molecule has 1 N–H and O–H groups in total. The first-order valence-electron chi connectivity index (χ1n) is 8.75. The van der Waals surface area contributed by atoms with Crippen LogP contribution in [0.5, 0.6) is 0 Å². The molecular weight excluding hydrogens is 312 g/mol. The van der Waals surface area contributed by atoms with E-state index in [-0.39, 0.29) is 17.1 Å². The molecule has 0 amide bonds. The first-order valence-corrected chi connectivity index (χ1v) is 8.75. The number of nitrogens with one attached hydrogen (secondary N) is 1. The number of Topliss-reactive ketones (excluding diaryl/α,β-unsaturated/α-hetero) is 1. The molecule has 0 saturated carbocycles. The Balaban J connectivity index is 2.01. The zero-order chi connectivity index (χ0) is 18.3. The number of ketones is 1. The summed E-state index contributed by atoms with van der Waals surface area (Å²) in [6.07, 6.45) is 7.69. The first kappa shape index (κ1) is 17.2. The van der Waals surface area contributed by atoms with E-state index in [1.54, 1.807) is 0 Å². The van der Waals surface area contributed by atoms with E-state index in [1.165, 1.54) is 0 Å². The fourth-order valence-corrected chi connectivity index (χ4v) is 3.40. The van der Waals surface area contributed by atoms with Gasteiger partial charge in [-0.1, -0.05) is 5.76 Å². The van der Waals surface area contributed by atoms with Crippen molar-refractivity contribution in [3.63, 3.8) is 0 Å². The standard InChI is InChI=1S/C21H24N2O2/c1-6-23(7-2)16-10-8-15(9-11-16)17-20(24)18(21(17)25)19-13(4)12(3)14(5)22-19/h8-11H,6-7H2,1-5H3,(H,24,25).